The monoisotopic (exact) mass is 463 g/mol. The number of amides is 1. The molecule has 34 heavy (non-hydrogen) atoms. The van der Waals surface area contributed by atoms with Gasteiger partial charge in [-0.3, -0.25) is 19.1 Å². The van der Waals surface area contributed by atoms with E-state index in [1.165, 1.54) is 10.8 Å². The van der Waals surface area contributed by atoms with Gasteiger partial charge in [-0.25, -0.2) is 4.79 Å². The van der Waals surface area contributed by atoms with Crippen LogP contribution in [0.5, 0.6) is 0 Å². The number of aromatic amines is 1. The summed E-state index contributed by atoms with van der Waals surface area (Å²) >= 11 is 0. The molecular weight excluding hydrogens is 438 g/mol. The van der Waals surface area contributed by atoms with Gasteiger partial charge in [0, 0.05) is 11.8 Å². The highest BCUT2D eigenvalue weighted by molar-refractivity contribution is 5.90. The molecular formula is C25H25N3O6. The zero-order valence-corrected chi connectivity index (χ0v) is 18.6. The number of nitrogens with zero attached hydrogens (tertiary/aromatic N) is 1. The summed E-state index contributed by atoms with van der Waals surface area (Å²) in [4.78, 5) is 39.8. The summed E-state index contributed by atoms with van der Waals surface area (Å²) < 4.78 is 19.7. The number of carbonyl (C=O) groups excluding carboxylic acids is 1. The summed E-state index contributed by atoms with van der Waals surface area (Å²) in [7, 11) is 0. The van der Waals surface area contributed by atoms with Crippen LogP contribution in [0.25, 0.3) is 0 Å². The summed E-state index contributed by atoms with van der Waals surface area (Å²) in [5.74, 6) is -0.353. The van der Waals surface area contributed by atoms with Gasteiger partial charge in [-0.05, 0) is 18.1 Å². The summed E-state index contributed by atoms with van der Waals surface area (Å²) in [5, 5.41) is 2.92. The number of rotatable bonds is 8. The third-order valence-electron chi connectivity index (χ3n) is 6.23. The minimum atomic E-state index is -1.44. The van der Waals surface area contributed by atoms with E-state index in [0.717, 1.165) is 11.1 Å². The molecule has 176 valence electrons. The van der Waals surface area contributed by atoms with E-state index < -0.39 is 35.2 Å². The van der Waals surface area contributed by atoms with Gasteiger partial charge >= 0.3 is 5.69 Å². The van der Waals surface area contributed by atoms with E-state index in [1.54, 1.807) is 6.92 Å². The number of nitrogens with one attached hydrogen (secondary N) is 2. The molecule has 3 aromatic rings. The minimum absolute atomic E-state index is 0.0583. The van der Waals surface area contributed by atoms with Gasteiger partial charge in [-0.15, -0.1) is 0 Å². The van der Waals surface area contributed by atoms with Crippen LogP contribution in [0.3, 0.4) is 0 Å². The highest BCUT2D eigenvalue weighted by atomic mass is 16.6. The lowest BCUT2D eigenvalue weighted by atomic mass is 9.99. The second-order valence-electron chi connectivity index (χ2n) is 8.57. The minimum Gasteiger partial charge on any atom is -0.373 e. The quantitative estimate of drug-likeness (QED) is 0.523. The largest absolute Gasteiger partial charge is 0.373 e. The first-order chi connectivity index (χ1) is 16.5. The Morgan fingerprint density at radius 2 is 1.62 bits per heavy atom. The van der Waals surface area contributed by atoms with Crippen molar-refractivity contribution in [3.63, 3.8) is 0 Å². The molecule has 0 spiro atoms. The maximum Gasteiger partial charge on any atom is 0.330 e. The Morgan fingerprint density at radius 3 is 2.29 bits per heavy atom. The summed E-state index contributed by atoms with van der Waals surface area (Å²) in [6.45, 7) is 2.09. The molecule has 1 aromatic heterocycles. The van der Waals surface area contributed by atoms with Gasteiger partial charge in [0.2, 0.25) is 0 Å². The lowest BCUT2D eigenvalue weighted by Gasteiger charge is -2.30. The third-order valence-corrected chi connectivity index (χ3v) is 6.23. The van der Waals surface area contributed by atoms with Gasteiger partial charge in [-0.2, -0.15) is 0 Å². The second-order valence-corrected chi connectivity index (χ2v) is 8.57. The maximum atomic E-state index is 13.1. The van der Waals surface area contributed by atoms with E-state index in [-0.39, 0.29) is 25.7 Å². The average molecular weight is 463 g/mol. The highest BCUT2D eigenvalue weighted by Crippen LogP contribution is 2.44. The number of H-pyrrole nitrogens is 1. The Morgan fingerprint density at radius 1 is 0.971 bits per heavy atom. The number of aryl methyl sites for hydroxylation is 1. The van der Waals surface area contributed by atoms with Crippen LogP contribution >= 0.6 is 0 Å². The number of morpholine rings is 1. The predicted octanol–water partition coefficient (Wildman–Crippen LogP) is 1.41. The molecule has 0 aliphatic carbocycles. The molecule has 2 aliphatic rings. The van der Waals surface area contributed by atoms with Gasteiger partial charge < -0.3 is 19.5 Å². The smallest absolute Gasteiger partial charge is 0.330 e. The van der Waals surface area contributed by atoms with E-state index in [9.17, 15) is 14.4 Å². The van der Waals surface area contributed by atoms with Crippen molar-refractivity contribution >= 4 is 5.91 Å². The molecule has 9 heteroatoms. The first kappa shape index (κ1) is 22.3. The van der Waals surface area contributed by atoms with Crippen molar-refractivity contribution in [2.45, 2.75) is 44.1 Å². The third kappa shape index (κ3) is 3.98. The molecule has 3 heterocycles. The Balaban J connectivity index is 1.44. The van der Waals surface area contributed by atoms with Crippen molar-refractivity contribution in [2.24, 2.45) is 0 Å². The molecule has 0 radical (unpaired) electrons. The Hall–Kier alpha value is -3.53. The zero-order valence-electron chi connectivity index (χ0n) is 18.6. The Labute approximate surface area is 195 Å². The summed E-state index contributed by atoms with van der Waals surface area (Å²) in [6.07, 6.45) is -0.132. The van der Waals surface area contributed by atoms with Crippen molar-refractivity contribution in [3.05, 3.63) is 104 Å². The molecule has 2 fully saturated rings. The first-order valence-electron chi connectivity index (χ1n) is 11.1. The molecule has 2 unspecified atom stereocenters. The van der Waals surface area contributed by atoms with Gasteiger partial charge in [0.15, 0.2) is 11.8 Å². The van der Waals surface area contributed by atoms with Crippen molar-refractivity contribution in [1.29, 1.82) is 0 Å². The lowest BCUT2D eigenvalue weighted by Crippen LogP contribution is -2.53. The number of benzene rings is 2. The van der Waals surface area contributed by atoms with E-state index >= 15 is 0 Å². The number of aromatic nitrogens is 2. The van der Waals surface area contributed by atoms with Crippen molar-refractivity contribution < 1.29 is 19.0 Å². The fourth-order valence-corrected chi connectivity index (χ4v) is 4.48. The van der Waals surface area contributed by atoms with Crippen LogP contribution in [0.15, 0.2) is 76.4 Å². The normalized spacial score (nSPS) is 25.4. The molecule has 9 nitrogen and oxygen atoms in total. The molecule has 2 aliphatic heterocycles. The van der Waals surface area contributed by atoms with Crippen molar-refractivity contribution in [1.82, 2.24) is 14.9 Å². The summed E-state index contributed by atoms with van der Waals surface area (Å²) in [6, 6.07) is 18.5. The molecule has 4 atom stereocenters. The van der Waals surface area contributed by atoms with Crippen molar-refractivity contribution in [2.75, 3.05) is 6.61 Å². The SMILES string of the molecule is Cc1cn([C@@H]2O[C@@]3(COCc4ccccc4)C(=O)NC2C3OCc2ccccc2)c(=O)[nH]c1=O. The number of fused-ring (bicyclic) bond motifs is 2. The van der Waals surface area contributed by atoms with E-state index in [0.29, 0.717) is 5.56 Å². The Bertz CT molecular complexity index is 1290. The second kappa shape index (κ2) is 9.02. The molecule has 5 rings (SSSR count). The molecule has 2 saturated heterocycles. The van der Waals surface area contributed by atoms with Gasteiger partial charge in [-0.1, -0.05) is 60.7 Å². The number of ether oxygens (including phenoxy) is 3. The fraction of sp³-hybridized carbons (Fsp3) is 0.320. The van der Waals surface area contributed by atoms with E-state index in [2.05, 4.69) is 10.3 Å². The van der Waals surface area contributed by atoms with Crippen LogP contribution in [0.4, 0.5) is 0 Å². The van der Waals surface area contributed by atoms with Gasteiger partial charge in [0.1, 0.15) is 12.1 Å². The van der Waals surface area contributed by atoms with Crippen LogP contribution in [0.1, 0.15) is 22.9 Å². The van der Waals surface area contributed by atoms with Crippen LogP contribution < -0.4 is 16.6 Å². The Kier molecular flexibility index (Phi) is 5.91. The average Bonchev–Trinajstić information content (AvgIpc) is 3.29. The van der Waals surface area contributed by atoms with Crippen LogP contribution in [0.2, 0.25) is 0 Å². The maximum absolute atomic E-state index is 13.1. The van der Waals surface area contributed by atoms with Gasteiger partial charge in [0.05, 0.1) is 19.8 Å². The molecule has 2 bridgehead atoms. The molecule has 2 N–H and O–H groups in total. The van der Waals surface area contributed by atoms with E-state index in [1.807, 2.05) is 60.7 Å². The van der Waals surface area contributed by atoms with Crippen LogP contribution in [-0.4, -0.2) is 39.8 Å². The number of hydrogen-bond donors (Lipinski definition) is 2. The van der Waals surface area contributed by atoms with Crippen LogP contribution in [-0.2, 0) is 32.2 Å². The van der Waals surface area contributed by atoms with Crippen LogP contribution in [0, 0.1) is 6.92 Å². The number of hydrogen-bond acceptors (Lipinski definition) is 6. The zero-order chi connectivity index (χ0) is 23.7. The topological polar surface area (TPSA) is 112 Å². The number of carbonyl (C=O) groups is 1. The first-order valence-corrected chi connectivity index (χ1v) is 11.1. The summed E-state index contributed by atoms with van der Waals surface area (Å²) in [5.41, 5.74) is -0.278. The predicted molar refractivity (Wildman–Crippen MR) is 122 cm³/mol. The standard InChI is InChI=1S/C25H25N3O6/c1-16-12-28(24(31)27-21(16)29)22-19-20(33-14-18-10-6-3-7-11-18)25(34-22,23(30)26-19)15-32-13-17-8-4-2-5-9-17/h2-12,19-20,22H,13-15H2,1H3,(H,26,30)(H,27,29,31)/t19?,20?,22-,25-/m1/s1. The molecule has 2 aromatic carbocycles. The fourth-order valence-electron chi connectivity index (χ4n) is 4.48. The van der Waals surface area contributed by atoms with Gasteiger partial charge in [0.25, 0.3) is 11.5 Å². The molecule has 0 saturated carbocycles. The van der Waals surface area contributed by atoms with E-state index in [4.69, 9.17) is 14.2 Å². The highest BCUT2D eigenvalue weighted by Gasteiger charge is 2.67. The van der Waals surface area contributed by atoms with Crippen molar-refractivity contribution in [3.8, 4) is 0 Å². The lowest BCUT2D eigenvalue weighted by molar-refractivity contribution is -0.179. The molecule has 1 amide bonds.